The van der Waals surface area contributed by atoms with E-state index in [2.05, 4.69) is 5.32 Å². The molecule has 36 heavy (non-hydrogen) atoms. The van der Waals surface area contributed by atoms with Gasteiger partial charge in [-0.25, -0.2) is 16.8 Å². The molecule has 0 atom stereocenters. The molecular weight excluding hydrogens is 498 g/mol. The molecule has 4 rings (SSSR count). The molecule has 0 unspecified atom stereocenters. The van der Waals surface area contributed by atoms with E-state index in [1.54, 1.807) is 30.3 Å². The number of hydrogen-bond donors (Lipinski definition) is 1. The summed E-state index contributed by atoms with van der Waals surface area (Å²) in [6.45, 7) is 0.909. The van der Waals surface area contributed by atoms with Gasteiger partial charge in [0, 0.05) is 26.2 Å². The fourth-order valence-electron chi connectivity index (χ4n) is 4.03. The van der Waals surface area contributed by atoms with E-state index in [-0.39, 0.29) is 29.4 Å². The van der Waals surface area contributed by atoms with Crippen LogP contribution in [0.2, 0.25) is 0 Å². The van der Waals surface area contributed by atoms with Crippen molar-refractivity contribution < 1.29 is 21.6 Å². The van der Waals surface area contributed by atoms with Crippen LogP contribution in [0.3, 0.4) is 0 Å². The largest absolute Gasteiger partial charge is 0.351 e. The van der Waals surface area contributed by atoms with E-state index in [1.807, 2.05) is 30.3 Å². The van der Waals surface area contributed by atoms with Gasteiger partial charge in [0.05, 0.1) is 16.3 Å². The standard InChI is InChI=1S/C26H29N3O5S2/c30-26(27-19-22-13-15-25(16-14-22)35(31,32)28-17-7-8-18-28)21-29(20-23-9-3-1-4-10-23)36(33,34)24-11-5-2-6-12-24/h1-6,9-16H,7-8,17-21H2,(H,27,30). The van der Waals surface area contributed by atoms with Crippen molar-refractivity contribution in [3.05, 3.63) is 96.1 Å². The predicted molar refractivity (Wildman–Crippen MR) is 137 cm³/mol. The second-order valence-electron chi connectivity index (χ2n) is 8.60. The summed E-state index contributed by atoms with van der Waals surface area (Å²) in [4.78, 5) is 13.1. The number of carbonyl (C=O) groups excluding carboxylic acids is 1. The Morgan fingerprint density at radius 2 is 1.33 bits per heavy atom. The first-order chi connectivity index (χ1) is 17.3. The normalized spacial score (nSPS) is 14.7. The van der Waals surface area contributed by atoms with E-state index < -0.39 is 26.0 Å². The number of benzene rings is 3. The van der Waals surface area contributed by atoms with Gasteiger partial charge in [0.15, 0.2) is 0 Å². The molecule has 10 heteroatoms. The summed E-state index contributed by atoms with van der Waals surface area (Å²) in [6.07, 6.45) is 1.73. The number of hydrogen-bond acceptors (Lipinski definition) is 5. The number of carbonyl (C=O) groups is 1. The number of nitrogens with one attached hydrogen (secondary N) is 1. The highest BCUT2D eigenvalue weighted by Gasteiger charge is 2.28. The zero-order chi connectivity index (χ0) is 25.6. The van der Waals surface area contributed by atoms with Gasteiger partial charge in [0.2, 0.25) is 26.0 Å². The van der Waals surface area contributed by atoms with Crippen LogP contribution in [-0.4, -0.2) is 51.0 Å². The van der Waals surface area contributed by atoms with E-state index >= 15 is 0 Å². The van der Waals surface area contributed by atoms with Crippen LogP contribution in [0.5, 0.6) is 0 Å². The average molecular weight is 528 g/mol. The molecule has 0 spiro atoms. The second-order valence-corrected chi connectivity index (χ2v) is 12.5. The van der Waals surface area contributed by atoms with E-state index in [0.717, 1.165) is 22.7 Å². The molecular formula is C26H29N3O5S2. The van der Waals surface area contributed by atoms with Gasteiger partial charge in [-0.05, 0) is 48.2 Å². The molecule has 1 fully saturated rings. The van der Waals surface area contributed by atoms with Crippen LogP contribution in [-0.2, 0) is 37.9 Å². The maximum absolute atomic E-state index is 13.3. The average Bonchev–Trinajstić information content (AvgIpc) is 3.45. The lowest BCUT2D eigenvalue weighted by Crippen LogP contribution is -2.40. The van der Waals surface area contributed by atoms with Gasteiger partial charge in [-0.3, -0.25) is 4.79 Å². The van der Waals surface area contributed by atoms with Gasteiger partial charge < -0.3 is 5.32 Å². The molecule has 1 amide bonds. The lowest BCUT2D eigenvalue weighted by atomic mass is 10.2. The summed E-state index contributed by atoms with van der Waals surface area (Å²) in [5.41, 5.74) is 1.48. The highest BCUT2D eigenvalue weighted by Crippen LogP contribution is 2.21. The minimum Gasteiger partial charge on any atom is -0.351 e. The predicted octanol–water partition coefficient (Wildman–Crippen LogP) is 2.98. The molecule has 8 nitrogen and oxygen atoms in total. The van der Waals surface area contributed by atoms with E-state index in [4.69, 9.17) is 0 Å². The van der Waals surface area contributed by atoms with Gasteiger partial charge in [-0.2, -0.15) is 8.61 Å². The zero-order valence-corrected chi connectivity index (χ0v) is 21.4. The topological polar surface area (TPSA) is 104 Å². The molecule has 0 saturated carbocycles. The van der Waals surface area contributed by atoms with Crippen molar-refractivity contribution in [2.45, 2.75) is 35.7 Å². The third-order valence-electron chi connectivity index (χ3n) is 6.02. The maximum atomic E-state index is 13.3. The highest BCUT2D eigenvalue weighted by molar-refractivity contribution is 7.89. The fourth-order valence-corrected chi connectivity index (χ4v) is 6.95. The second kappa shape index (κ2) is 11.3. The molecule has 0 bridgehead atoms. The molecule has 1 aliphatic rings. The maximum Gasteiger partial charge on any atom is 0.243 e. The van der Waals surface area contributed by atoms with Gasteiger partial charge >= 0.3 is 0 Å². The van der Waals surface area contributed by atoms with Gasteiger partial charge in [0.25, 0.3) is 0 Å². The molecule has 1 N–H and O–H groups in total. The van der Waals surface area contributed by atoms with Gasteiger partial charge in [-0.1, -0.05) is 60.7 Å². The van der Waals surface area contributed by atoms with Crippen molar-refractivity contribution in [1.29, 1.82) is 0 Å². The van der Waals surface area contributed by atoms with Crippen LogP contribution in [0.1, 0.15) is 24.0 Å². The zero-order valence-electron chi connectivity index (χ0n) is 19.8. The summed E-state index contributed by atoms with van der Waals surface area (Å²) >= 11 is 0. The number of sulfonamides is 2. The first-order valence-electron chi connectivity index (χ1n) is 11.7. The summed E-state index contributed by atoms with van der Waals surface area (Å²) in [6, 6.07) is 23.5. The SMILES string of the molecule is O=C(CN(Cc1ccccc1)S(=O)(=O)c1ccccc1)NCc1ccc(S(=O)(=O)N2CCCC2)cc1. The van der Waals surface area contributed by atoms with Crippen LogP contribution in [0.4, 0.5) is 0 Å². The van der Waals surface area contributed by atoms with Crippen molar-refractivity contribution in [3.8, 4) is 0 Å². The molecule has 1 saturated heterocycles. The summed E-state index contributed by atoms with van der Waals surface area (Å²) in [7, 11) is -7.41. The van der Waals surface area contributed by atoms with Crippen LogP contribution < -0.4 is 5.32 Å². The van der Waals surface area contributed by atoms with Crippen molar-refractivity contribution in [3.63, 3.8) is 0 Å². The molecule has 1 aliphatic heterocycles. The smallest absolute Gasteiger partial charge is 0.243 e. The van der Waals surface area contributed by atoms with Crippen molar-refractivity contribution in [1.82, 2.24) is 13.9 Å². The quantitative estimate of drug-likeness (QED) is 0.437. The first kappa shape index (κ1) is 26.0. The van der Waals surface area contributed by atoms with Crippen molar-refractivity contribution >= 4 is 26.0 Å². The minimum absolute atomic E-state index is 0.0501. The van der Waals surface area contributed by atoms with Crippen molar-refractivity contribution in [2.24, 2.45) is 0 Å². The summed E-state index contributed by atoms with van der Waals surface area (Å²) < 4.78 is 54.6. The molecule has 190 valence electrons. The Morgan fingerprint density at radius 1 is 0.750 bits per heavy atom. The van der Waals surface area contributed by atoms with E-state index in [1.165, 1.54) is 28.6 Å². The lowest BCUT2D eigenvalue weighted by molar-refractivity contribution is -0.121. The number of rotatable bonds is 10. The number of amides is 1. The van der Waals surface area contributed by atoms with E-state index in [0.29, 0.717) is 18.7 Å². The Bertz CT molecular complexity index is 1370. The lowest BCUT2D eigenvalue weighted by Gasteiger charge is -2.22. The van der Waals surface area contributed by atoms with Crippen LogP contribution in [0.25, 0.3) is 0 Å². The molecule has 0 aromatic heterocycles. The van der Waals surface area contributed by atoms with Crippen LogP contribution >= 0.6 is 0 Å². The molecule has 3 aromatic rings. The molecule has 0 aliphatic carbocycles. The third kappa shape index (κ3) is 6.19. The summed E-state index contributed by atoms with van der Waals surface area (Å²) in [5, 5.41) is 2.75. The third-order valence-corrected chi connectivity index (χ3v) is 9.74. The molecule has 1 heterocycles. The Balaban J connectivity index is 1.43. The first-order valence-corrected chi connectivity index (χ1v) is 14.6. The minimum atomic E-state index is -3.91. The monoisotopic (exact) mass is 527 g/mol. The molecule has 0 radical (unpaired) electrons. The highest BCUT2D eigenvalue weighted by atomic mass is 32.2. The number of nitrogens with zero attached hydrogens (tertiary/aromatic N) is 2. The Morgan fingerprint density at radius 3 is 1.94 bits per heavy atom. The fraction of sp³-hybridized carbons (Fsp3) is 0.269. The van der Waals surface area contributed by atoms with Crippen molar-refractivity contribution in [2.75, 3.05) is 19.6 Å². The van der Waals surface area contributed by atoms with E-state index in [9.17, 15) is 21.6 Å². The Labute approximate surface area is 212 Å². The van der Waals surface area contributed by atoms with Crippen LogP contribution in [0.15, 0.2) is 94.7 Å². The van der Waals surface area contributed by atoms with Gasteiger partial charge in [0.1, 0.15) is 0 Å². The molecule has 3 aromatic carbocycles. The Kier molecular flexibility index (Phi) is 8.20. The summed E-state index contributed by atoms with van der Waals surface area (Å²) in [5.74, 6) is -0.459. The Hall–Kier alpha value is -3.05. The van der Waals surface area contributed by atoms with Crippen LogP contribution in [0, 0.1) is 0 Å². The van der Waals surface area contributed by atoms with Gasteiger partial charge in [-0.15, -0.1) is 0 Å².